The minimum absolute atomic E-state index is 0.192. The molecule has 0 spiro atoms. The fourth-order valence-corrected chi connectivity index (χ4v) is 1.59. The molecule has 0 heterocycles. The molecule has 0 aliphatic rings. The summed E-state index contributed by atoms with van der Waals surface area (Å²) < 4.78 is 5.62. The van der Waals surface area contributed by atoms with E-state index in [0.717, 1.165) is 0 Å². The van der Waals surface area contributed by atoms with Gasteiger partial charge < -0.3 is 15.8 Å². The molecule has 0 saturated heterocycles. The molecule has 0 unspecified atom stereocenters. The molecule has 5 nitrogen and oxygen atoms in total. The Morgan fingerprint density at radius 1 is 1.00 bits per heavy atom. The molecule has 0 fully saturated rings. The lowest BCUT2D eigenvalue weighted by Crippen LogP contribution is -2.33. The monoisotopic (exact) mass is 270 g/mol. The molecule has 2 amide bonds. The van der Waals surface area contributed by atoms with Crippen LogP contribution >= 0.6 is 0 Å². The van der Waals surface area contributed by atoms with Gasteiger partial charge in [0.05, 0.1) is 6.54 Å². The van der Waals surface area contributed by atoms with Crippen LogP contribution in [-0.4, -0.2) is 18.4 Å². The Balaban J connectivity index is 2.08. The smallest absolute Gasteiger partial charge is 0.251 e. The molecule has 0 bridgehead atoms. The normalized spacial score (nSPS) is 9.80. The first-order valence-corrected chi connectivity index (χ1v) is 6.04. The van der Waals surface area contributed by atoms with Crippen LogP contribution in [0.1, 0.15) is 10.4 Å². The number of hydrogen-bond donors (Lipinski definition) is 2. The van der Waals surface area contributed by atoms with Gasteiger partial charge in [-0.15, -0.1) is 0 Å². The van der Waals surface area contributed by atoms with E-state index in [1.165, 1.54) is 0 Å². The Morgan fingerprint density at radius 3 is 2.40 bits per heavy atom. The number of rotatable bonds is 5. The highest BCUT2D eigenvalue weighted by Crippen LogP contribution is 2.21. The van der Waals surface area contributed by atoms with Crippen LogP contribution < -0.4 is 15.8 Å². The Hall–Kier alpha value is -2.82. The summed E-state index contributed by atoms with van der Waals surface area (Å²) in [4.78, 5) is 22.4. The highest BCUT2D eigenvalue weighted by atomic mass is 16.5. The number of carbonyl (C=O) groups excluding carboxylic acids is 2. The molecule has 2 aromatic rings. The number of primary amides is 1. The number of carbonyl (C=O) groups is 2. The third-order valence-electron chi connectivity index (χ3n) is 2.50. The molecule has 3 N–H and O–H groups in total. The predicted molar refractivity (Wildman–Crippen MR) is 74.5 cm³/mol. The summed E-state index contributed by atoms with van der Waals surface area (Å²) in [6.07, 6.45) is 0. The van der Waals surface area contributed by atoms with Crippen molar-refractivity contribution in [3.05, 3.63) is 60.2 Å². The summed E-state index contributed by atoms with van der Waals surface area (Å²) in [6.45, 7) is -0.192. The van der Waals surface area contributed by atoms with Crippen molar-refractivity contribution in [3.8, 4) is 11.5 Å². The Bertz CT molecular complexity index is 612. The molecule has 2 rings (SSSR count). The maximum atomic E-state index is 11.8. The zero-order valence-electron chi connectivity index (χ0n) is 10.7. The Kier molecular flexibility index (Phi) is 4.34. The van der Waals surface area contributed by atoms with Gasteiger partial charge in [-0.3, -0.25) is 9.59 Å². The molecule has 0 aromatic heterocycles. The number of hydrogen-bond acceptors (Lipinski definition) is 3. The molecule has 0 aliphatic carbocycles. The third-order valence-corrected chi connectivity index (χ3v) is 2.50. The summed E-state index contributed by atoms with van der Waals surface area (Å²) in [5.41, 5.74) is 5.38. The van der Waals surface area contributed by atoms with Crippen molar-refractivity contribution in [2.75, 3.05) is 6.54 Å². The number of benzene rings is 2. The van der Waals surface area contributed by atoms with Crippen LogP contribution in [0, 0.1) is 0 Å². The average molecular weight is 270 g/mol. The summed E-state index contributed by atoms with van der Waals surface area (Å²) in [6, 6.07) is 15.9. The molecular weight excluding hydrogens is 256 g/mol. The third kappa shape index (κ3) is 3.84. The van der Waals surface area contributed by atoms with E-state index in [2.05, 4.69) is 5.32 Å². The molecule has 0 saturated carbocycles. The van der Waals surface area contributed by atoms with Crippen molar-refractivity contribution >= 4 is 11.8 Å². The Labute approximate surface area is 116 Å². The molecule has 0 atom stereocenters. The van der Waals surface area contributed by atoms with Gasteiger partial charge in [-0.25, -0.2) is 0 Å². The summed E-state index contributed by atoms with van der Waals surface area (Å²) in [5, 5.41) is 2.42. The maximum Gasteiger partial charge on any atom is 0.251 e. The minimum Gasteiger partial charge on any atom is -0.457 e. The highest BCUT2D eigenvalue weighted by molar-refractivity contribution is 5.96. The fourth-order valence-electron chi connectivity index (χ4n) is 1.59. The summed E-state index contributed by atoms with van der Waals surface area (Å²) >= 11 is 0. The number of ether oxygens (including phenoxy) is 1. The summed E-state index contributed by atoms with van der Waals surface area (Å²) in [5.74, 6) is 0.266. The predicted octanol–water partition coefficient (Wildman–Crippen LogP) is 1.69. The molecule has 2 aromatic carbocycles. The SMILES string of the molecule is NC(=O)CNC(=O)c1cccc(Oc2ccccc2)c1. The zero-order valence-corrected chi connectivity index (χ0v) is 10.7. The van der Waals surface area contributed by atoms with E-state index >= 15 is 0 Å². The fraction of sp³-hybridized carbons (Fsp3) is 0.0667. The van der Waals surface area contributed by atoms with Crippen LogP contribution in [0.4, 0.5) is 0 Å². The van der Waals surface area contributed by atoms with Crippen molar-refractivity contribution in [1.29, 1.82) is 0 Å². The van der Waals surface area contributed by atoms with E-state index in [-0.39, 0.29) is 12.5 Å². The van der Waals surface area contributed by atoms with Gasteiger partial charge >= 0.3 is 0 Å². The average Bonchev–Trinajstić information content (AvgIpc) is 2.46. The van der Waals surface area contributed by atoms with Crippen LogP contribution in [0.15, 0.2) is 54.6 Å². The van der Waals surface area contributed by atoms with E-state index in [1.54, 1.807) is 24.3 Å². The zero-order chi connectivity index (χ0) is 14.4. The van der Waals surface area contributed by atoms with Crippen LogP contribution in [0.3, 0.4) is 0 Å². The Morgan fingerprint density at radius 2 is 1.70 bits per heavy atom. The number of nitrogens with two attached hydrogens (primary N) is 1. The number of nitrogens with one attached hydrogen (secondary N) is 1. The number of amides is 2. The van der Waals surface area contributed by atoms with E-state index in [4.69, 9.17) is 10.5 Å². The van der Waals surface area contributed by atoms with E-state index in [9.17, 15) is 9.59 Å². The molecule has 102 valence electrons. The summed E-state index contributed by atoms with van der Waals surface area (Å²) in [7, 11) is 0. The van der Waals surface area contributed by atoms with E-state index in [0.29, 0.717) is 17.1 Å². The first kappa shape index (κ1) is 13.6. The quantitative estimate of drug-likeness (QED) is 0.867. The number of para-hydroxylation sites is 1. The maximum absolute atomic E-state index is 11.8. The molecule has 0 aliphatic heterocycles. The van der Waals surface area contributed by atoms with Crippen molar-refractivity contribution in [1.82, 2.24) is 5.32 Å². The highest BCUT2D eigenvalue weighted by Gasteiger charge is 2.07. The lowest BCUT2D eigenvalue weighted by atomic mass is 10.2. The van der Waals surface area contributed by atoms with Gasteiger partial charge in [-0.1, -0.05) is 24.3 Å². The van der Waals surface area contributed by atoms with Gasteiger partial charge in [0.15, 0.2) is 0 Å². The van der Waals surface area contributed by atoms with E-state index < -0.39 is 5.91 Å². The van der Waals surface area contributed by atoms with Crippen molar-refractivity contribution in [3.63, 3.8) is 0 Å². The van der Waals surface area contributed by atoms with Gasteiger partial charge in [0.2, 0.25) is 5.91 Å². The largest absolute Gasteiger partial charge is 0.457 e. The lowest BCUT2D eigenvalue weighted by Gasteiger charge is -2.07. The second-order valence-electron chi connectivity index (χ2n) is 4.09. The topological polar surface area (TPSA) is 81.4 Å². The second-order valence-corrected chi connectivity index (χ2v) is 4.09. The first-order valence-electron chi connectivity index (χ1n) is 6.04. The van der Waals surface area contributed by atoms with Gasteiger partial charge in [0, 0.05) is 5.56 Å². The van der Waals surface area contributed by atoms with Crippen LogP contribution in [0.25, 0.3) is 0 Å². The standard InChI is InChI=1S/C15H14N2O3/c16-14(18)10-17-15(19)11-5-4-8-13(9-11)20-12-6-2-1-3-7-12/h1-9H,10H2,(H2,16,18)(H,17,19). The van der Waals surface area contributed by atoms with E-state index in [1.807, 2.05) is 30.3 Å². The van der Waals surface area contributed by atoms with Crippen LogP contribution in [0.2, 0.25) is 0 Å². The minimum atomic E-state index is -0.588. The molecule has 20 heavy (non-hydrogen) atoms. The van der Waals surface area contributed by atoms with Gasteiger partial charge in [0.1, 0.15) is 11.5 Å². The van der Waals surface area contributed by atoms with Gasteiger partial charge in [-0.05, 0) is 30.3 Å². The second kappa shape index (κ2) is 6.38. The first-order chi connectivity index (χ1) is 9.65. The van der Waals surface area contributed by atoms with Crippen LogP contribution in [0.5, 0.6) is 11.5 Å². The molecular formula is C15H14N2O3. The van der Waals surface area contributed by atoms with Gasteiger partial charge in [0.25, 0.3) is 5.91 Å². The molecule has 0 radical (unpaired) electrons. The van der Waals surface area contributed by atoms with Crippen molar-refractivity contribution < 1.29 is 14.3 Å². The van der Waals surface area contributed by atoms with Crippen molar-refractivity contribution in [2.24, 2.45) is 5.73 Å². The van der Waals surface area contributed by atoms with Crippen molar-refractivity contribution in [2.45, 2.75) is 0 Å². The molecule has 5 heteroatoms. The van der Waals surface area contributed by atoms with Crippen LogP contribution in [-0.2, 0) is 4.79 Å². The lowest BCUT2D eigenvalue weighted by molar-refractivity contribution is -0.117. The van der Waals surface area contributed by atoms with Gasteiger partial charge in [-0.2, -0.15) is 0 Å².